The van der Waals surface area contributed by atoms with Gasteiger partial charge in [0.05, 0.1) is 6.42 Å². The highest BCUT2D eigenvalue weighted by Crippen LogP contribution is 2.47. The molecule has 0 aromatic heterocycles. The second kappa shape index (κ2) is 11.4. The molecule has 0 aliphatic carbocycles. The Kier molecular flexibility index (Phi) is 8.77. The molecule has 0 atom stereocenters. The van der Waals surface area contributed by atoms with Crippen molar-refractivity contribution >= 4 is 5.91 Å². The highest BCUT2D eigenvalue weighted by Gasteiger charge is 2.65. The number of nitrogens with two attached hydrogens (primary N) is 1. The molecule has 2 aliphatic heterocycles. The Bertz CT molecular complexity index is 1060. The fourth-order valence-corrected chi connectivity index (χ4v) is 3.79. The first-order chi connectivity index (χ1) is 17.2. The lowest BCUT2D eigenvalue weighted by Crippen LogP contribution is -2.52. The van der Waals surface area contributed by atoms with Crippen LogP contribution in [0.5, 0.6) is 17.2 Å². The van der Waals surface area contributed by atoms with Gasteiger partial charge in [-0.1, -0.05) is 18.2 Å². The zero-order valence-electron chi connectivity index (χ0n) is 19.5. The highest BCUT2D eigenvalue weighted by atomic mass is 19.4. The standard InChI is InChI=1S/C15H17F4NO2.C9H8F3NO2/c16-14(17)15(18,19)22-13-10-11(5-6-12(13)21-14)4-3-9-20-7-1-2-8-20;10-9(11,12)15-7-3-1-6(2-4-7)5-8(13)14/h5-6,10H,1-4,7-9H2;1-4H,5H2,(H2,13,14). The number of halogens is 7. The topological polar surface area (TPSA) is 74.0 Å². The number of hydrogen-bond donors (Lipinski definition) is 1. The van der Waals surface area contributed by atoms with Gasteiger partial charge in [-0.25, -0.2) is 0 Å². The summed E-state index contributed by atoms with van der Waals surface area (Å²) < 4.78 is 99.5. The number of amides is 1. The molecule has 0 radical (unpaired) electrons. The van der Waals surface area contributed by atoms with Gasteiger partial charge in [0, 0.05) is 0 Å². The van der Waals surface area contributed by atoms with Crippen LogP contribution in [0.25, 0.3) is 0 Å². The molecule has 2 aromatic carbocycles. The minimum Gasteiger partial charge on any atom is -0.421 e. The lowest BCUT2D eigenvalue weighted by molar-refractivity contribution is -0.391. The second-order valence-electron chi connectivity index (χ2n) is 8.51. The molecule has 0 unspecified atom stereocenters. The number of fused-ring (bicyclic) bond motifs is 1. The van der Waals surface area contributed by atoms with E-state index in [9.17, 15) is 35.5 Å². The van der Waals surface area contributed by atoms with Gasteiger partial charge in [-0.05, 0) is 80.7 Å². The van der Waals surface area contributed by atoms with Gasteiger partial charge in [-0.3, -0.25) is 4.79 Å². The summed E-state index contributed by atoms with van der Waals surface area (Å²) in [5.74, 6) is -1.57. The molecular formula is C24H25F7N2O4. The molecule has 2 aliphatic rings. The normalized spacial score (nSPS) is 18.0. The van der Waals surface area contributed by atoms with Crippen molar-refractivity contribution in [2.45, 2.75) is 50.7 Å². The summed E-state index contributed by atoms with van der Waals surface area (Å²) in [4.78, 5) is 12.8. The van der Waals surface area contributed by atoms with E-state index in [0.717, 1.165) is 43.8 Å². The number of carbonyl (C=O) groups excluding carboxylic acids is 1. The van der Waals surface area contributed by atoms with E-state index in [1.165, 1.54) is 37.1 Å². The molecule has 6 nitrogen and oxygen atoms in total. The number of hydrogen-bond acceptors (Lipinski definition) is 5. The molecule has 4 rings (SSSR count). The summed E-state index contributed by atoms with van der Waals surface area (Å²) in [6, 6.07) is 9.17. The van der Waals surface area contributed by atoms with Crippen molar-refractivity contribution in [3.8, 4) is 17.2 Å². The van der Waals surface area contributed by atoms with Gasteiger partial charge >= 0.3 is 18.6 Å². The van der Waals surface area contributed by atoms with Gasteiger partial charge in [-0.15, -0.1) is 13.2 Å². The number of ether oxygens (including phenoxy) is 3. The molecule has 204 valence electrons. The zero-order chi connectivity index (χ0) is 27.3. The largest absolute Gasteiger partial charge is 0.573 e. The summed E-state index contributed by atoms with van der Waals surface area (Å²) in [5, 5.41) is 0. The Hall–Kier alpha value is -3.22. The van der Waals surface area contributed by atoms with Crippen LogP contribution in [0.15, 0.2) is 42.5 Å². The lowest BCUT2D eigenvalue weighted by atomic mass is 10.1. The number of aryl methyl sites for hydroxylation is 1. The molecule has 37 heavy (non-hydrogen) atoms. The third kappa shape index (κ3) is 8.41. The fraction of sp³-hybridized carbons (Fsp3) is 0.458. The SMILES string of the molecule is FC1(F)Oc2ccc(CCCN3CCCC3)cc2OC1(F)F.NC(=O)Cc1ccc(OC(F)(F)F)cc1. The van der Waals surface area contributed by atoms with Crippen LogP contribution in [0.4, 0.5) is 30.7 Å². The van der Waals surface area contributed by atoms with Gasteiger partial charge in [0.15, 0.2) is 11.5 Å². The van der Waals surface area contributed by atoms with Crippen LogP contribution in [-0.4, -0.2) is 49.0 Å². The number of rotatable bonds is 7. The van der Waals surface area contributed by atoms with Crippen molar-refractivity contribution in [3.63, 3.8) is 0 Å². The lowest BCUT2D eigenvalue weighted by Gasteiger charge is -2.32. The second-order valence-corrected chi connectivity index (χ2v) is 8.51. The van der Waals surface area contributed by atoms with E-state index in [-0.39, 0.29) is 23.7 Å². The average Bonchev–Trinajstić information content (AvgIpc) is 3.28. The third-order valence-corrected chi connectivity index (χ3v) is 5.50. The first-order valence-corrected chi connectivity index (χ1v) is 11.4. The number of primary amides is 1. The maximum absolute atomic E-state index is 13.1. The van der Waals surface area contributed by atoms with Gasteiger partial charge in [0.2, 0.25) is 5.91 Å². The summed E-state index contributed by atoms with van der Waals surface area (Å²) in [5.41, 5.74) is 6.22. The Morgan fingerprint density at radius 2 is 1.49 bits per heavy atom. The van der Waals surface area contributed by atoms with E-state index >= 15 is 0 Å². The van der Waals surface area contributed by atoms with E-state index in [0.29, 0.717) is 12.0 Å². The molecule has 1 amide bonds. The predicted octanol–water partition coefficient (Wildman–Crippen LogP) is 5.28. The minimum absolute atomic E-state index is 0.00764. The number of benzene rings is 2. The summed E-state index contributed by atoms with van der Waals surface area (Å²) in [6.07, 6.45) is -10.0. The van der Waals surface area contributed by atoms with Gasteiger partial charge < -0.3 is 24.8 Å². The molecule has 1 fully saturated rings. The molecule has 0 spiro atoms. The van der Waals surface area contributed by atoms with Crippen molar-refractivity contribution in [2.24, 2.45) is 5.73 Å². The maximum atomic E-state index is 13.1. The van der Waals surface area contributed by atoms with E-state index in [4.69, 9.17) is 5.73 Å². The van der Waals surface area contributed by atoms with E-state index in [2.05, 4.69) is 19.1 Å². The molecule has 1 saturated heterocycles. The Labute approximate surface area is 208 Å². The Balaban J connectivity index is 0.000000222. The van der Waals surface area contributed by atoms with Crippen molar-refractivity contribution in [1.29, 1.82) is 0 Å². The van der Waals surface area contributed by atoms with Crippen molar-refractivity contribution in [1.82, 2.24) is 4.90 Å². The Morgan fingerprint density at radius 1 is 0.919 bits per heavy atom. The predicted molar refractivity (Wildman–Crippen MR) is 118 cm³/mol. The molecular weight excluding hydrogens is 513 g/mol. The third-order valence-electron chi connectivity index (χ3n) is 5.50. The molecule has 2 aromatic rings. The first-order valence-electron chi connectivity index (χ1n) is 11.4. The van der Waals surface area contributed by atoms with Gasteiger partial charge in [0.1, 0.15) is 5.75 Å². The number of nitrogens with zero attached hydrogens (tertiary/aromatic N) is 1. The molecule has 0 bridgehead atoms. The maximum Gasteiger partial charge on any atom is 0.573 e. The quantitative estimate of drug-likeness (QED) is 0.486. The number of carbonyl (C=O) groups is 1. The van der Waals surface area contributed by atoms with Crippen LogP contribution < -0.4 is 19.9 Å². The van der Waals surface area contributed by atoms with Crippen molar-refractivity contribution < 1.29 is 49.7 Å². The van der Waals surface area contributed by atoms with Crippen LogP contribution in [0.1, 0.15) is 30.4 Å². The van der Waals surface area contributed by atoms with Crippen molar-refractivity contribution in [3.05, 3.63) is 53.6 Å². The molecule has 13 heteroatoms. The minimum atomic E-state index is -4.70. The smallest absolute Gasteiger partial charge is 0.421 e. The Morgan fingerprint density at radius 3 is 2.05 bits per heavy atom. The number of likely N-dealkylation sites (tertiary alicyclic amines) is 1. The monoisotopic (exact) mass is 538 g/mol. The molecule has 0 saturated carbocycles. The van der Waals surface area contributed by atoms with E-state index in [1.54, 1.807) is 6.07 Å². The van der Waals surface area contributed by atoms with Crippen molar-refractivity contribution in [2.75, 3.05) is 19.6 Å². The van der Waals surface area contributed by atoms with E-state index in [1.807, 2.05) is 0 Å². The number of alkyl halides is 7. The first kappa shape index (κ1) is 28.4. The van der Waals surface area contributed by atoms with Crippen LogP contribution in [0.2, 0.25) is 0 Å². The summed E-state index contributed by atoms with van der Waals surface area (Å²) in [7, 11) is 0. The molecule has 2 N–H and O–H groups in total. The van der Waals surface area contributed by atoms with Crippen LogP contribution in [0, 0.1) is 0 Å². The average molecular weight is 538 g/mol. The van der Waals surface area contributed by atoms with E-state index < -0.39 is 24.5 Å². The summed E-state index contributed by atoms with van der Waals surface area (Å²) in [6.45, 7) is 3.15. The van der Waals surface area contributed by atoms with Gasteiger partial charge in [0.25, 0.3) is 0 Å². The fourth-order valence-electron chi connectivity index (χ4n) is 3.79. The zero-order valence-corrected chi connectivity index (χ0v) is 19.5. The van der Waals surface area contributed by atoms with Crippen LogP contribution in [0.3, 0.4) is 0 Å². The van der Waals surface area contributed by atoms with Crippen LogP contribution >= 0.6 is 0 Å². The highest BCUT2D eigenvalue weighted by molar-refractivity contribution is 5.76. The summed E-state index contributed by atoms with van der Waals surface area (Å²) >= 11 is 0. The molecule has 2 heterocycles. The van der Waals surface area contributed by atoms with Gasteiger partial charge in [-0.2, -0.15) is 17.6 Å². The van der Waals surface area contributed by atoms with Crippen LogP contribution in [-0.2, 0) is 17.6 Å².